The van der Waals surface area contributed by atoms with Gasteiger partial charge in [-0.1, -0.05) is 18.2 Å². The molecule has 0 saturated carbocycles. The molecule has 86 valence electrons. The molecule has 0 aliphatic heterocycles. The van der Waals surface area contributed by atoms with Gasteiger partial charge in [-0.15, -0.1) is 0 Å². The van der Waals surface area contributed by atoms with E-state index in [0.717, 1.165) is 6.42 Å². The molecule has 0 radical (unpaired) electrons. The predicted molar refractivity (Wildman–Crippen MR) is 68.4 cm³/mol. The van der Waals surface area contributed by atoms with Crippen molar-refractivity contribution in [1.29, 1.82) is 0 Å². The monoisotopic (exact) mass is 217 g/mol. The molecule has 16 heavy (non-hydrogen) atoms. The summed E-state index contributed by atoms with van der Waals surface area (Å²) in [5.41, 5.74) is 8.35. The zero-order valence-corrected chi connectivity index (χ0v) is 9.83. The Labute approximate surface area is 96.0 Å². The van der Waals surface area contributed by atoms with Crippen LogP contribution < -0.4 is 11.1 Å². The van der Waals surface area contributed by atoms with E-state index in [1.165, 1.54) is 16.5 Å². The fourth-order valence-corrected chi connectivity index (χ4v) is 2.15. The lowest BCUT2D eigenvalue weighted by Crippen LogP contribution is -2.25. The summed E-state index contributed by atoms with van der Waals surface area (Å²) >= 11 is 0. The largest absolute Gasteiger partial charge is 0.361 e. The second kappa shape index (κ2) is 4.68. The van der Waals surface area contributed by atoms with E-state index < -0.39 is 0 Å². The average molecular weight is 217 g/mol. The fraction of sp³-hybridized carbons (Fsp3) is 0.385. The van der Waals surface area contributed by atoms with Crippen LogP contribution in [-0.2, 0) is 0 Å². The third-order valence-corrected chi connectivity index (χ3v) is 2.95. The Balaban J connectivity index is 2.37. The van der Waals surface area contributed by atoms with Crippen LogP contribution in [0.4, 0.5) is 0 Å². The van der Waals surface area contributed by atoms with Crippen LogP contribution >= 0.6 is 0 Å². The standard InChI is InChI=1S/C13H19N3/c1-9(14)7-13(15-2)11-8-16-12-6-4-3-5-10(11)12/h3-6,8-9,13,15-16H,7,14H2,1-2H3. The molecule has 2 atom stereocenters. The molecule has 2 rings (SSSR count). The van der Waals surface area contributed by atoms with E-state index in [-0.39, 0.29) is 6.04 Å². The van der Waals surface area contributed by atoms with Crippen LogP contribution in [0.1, 0.15) is 24.9 Å². The van der Waals surface area contributed by atoms with Crippen LogP contribution in [0.5, 0.6) is 0 Å². The second-order valence-electron chi connectivity index (χ2n) is 4.34. The Morgan fingerprint density at radius 2 is 2.12 bits per heavy atom. The first-order valence-electron chi connectivity index (χ1n) is 5.71. The van der Waals surface area contributed by atoms with Gasteiger partial charge in [-0.2, -0.15) is 0 Å². The Kier molecular flexibility index (Phi) is 3.27. The van der Waals surface area contributed by atoms with Crippen molar-refractivity contribution in [2.24, 2.45) is 5.73 Å². The molecule has 0 amide bonds. The Morgan fingerprint density at radius 1 is 1.38 bits per heavy atom. The lowest BCUT2D eigenvalue weighted by Gasteiger charge is -2.17. The molecule has 0 fully saturated rings. The van der Waals surface area contributed by atoms with E-state index in [4.69, 9.17) is 5.73 Å². The number of rotatable bonds is 4. The highest BCUT2D eigenvalue weighted by molar-refractivity contribution is 5.83. The highest BCUT2D eigenvalue weighted by Gasteiger charge is 2.15. The predicted octanol–water partition coefficient (Wildman–Crippen LogP) is 2.17. The van der Waals surface area contributed by atoms with Gasteiger partial charge in [0.05, 0.1) is 0 Å². The van der Waals surface area contributed by atoms with E-state index >= 15 is 0 Å². The van der Waals surface area contributed by atoms with Crippen molar-refractivity contribution in [1.82, 2.24) is 10.3 Å². The van der Waals surface area contributed by atoms with Gasteiger partial charge < -0.3 is 16.0 Å². The number of hydrogen-bond donors (Lipinski definition) is 3. The van der Waals surface area contributed by atoms with Crippen LogP contribution in [0.2, 0.25) is 0 Å². The first-order valence-corrected chi connectivity index (χ1v) is 5.71. The molecule has 0 saturated heterocycles. The van der Waals surface area contributed by atoms with Crippen molar-refractivity contribution >= 4 is 10.9 Å². The minimum Gasteiger partial charge on any atom is -0.361 e. The minimum atomic E-state index is 0.200. The topological polar surface area (TPSA) is 53.8 Å². The normalized spacial score (nSPS) is 15.2. The second-order valence-corrected chi connectivity index (χ2v) is 4.34. The summed E-state index contributed by atoms with van der Waals surface area (Å²) in [6, 6.07) is 8.87. The van der Waals surface area contributed by atoms with E-state index in [1.807, 2.05) is 20.0 Å². The SMILES string of the molecule is CNC(CC(C)N)c1c[nH]c2ccccc12. The molecule has 0 bridgehead atoms. The number of aromatic amines is 1. The number of nitrogens with two attached hydrogens (primary N) is 1. The van der Waals surface area contributed by atoms with Crippen molar-refractivity contribution < 1.29 is 0 Å². The van der Waals surface area contributed by atoms with E-state index in [1.54, 1.807) is 0 Å². The van der Waals surface area contributed by atoms with Gasteiger partial charge in [-0.3, -0.25) is 0 Å². The quantitative estimate of drug-likeness (QED) is 0.735. The van der Waals surface area contributed by atoms with Gasteiger partial charge in [0.2, 0.25) is 0 Å². The van der Waals surface area contributed by atoms with Crippen molar-refractivity contribution in [3.05, 3.63) is 36.0 Å². The third-order valence-electron chi connectivity index (χ3n) is 2.95. The lowest BCUT2D eigenvalue weighted by molar-refractivity contribution is 0.502. The summed E-state index contributed by atoms with van der Waals surface area (Å²) in [5, 5.41) is 4.61. The summed E-state index contributed by atoms with van der Waals surface area (Å²) in [4.78, 5) is 3.30. The summed E-state index contributed by atoms with van der Waals surface area (Å²) < 4.78 is 0. The molecule has 1 aromatic heterocycles. The number of H-pyrrole nitrogens is 1. The van der Waals surface area contributed by atoms with Gasteiger partial charge in [0.15, 0.2) is 0 Å². The summed E-state index contributed by atoms with van der Waals surface area (Å²) in [6.45, 7) is 2.04. The molecule has 0 aliphatic rings. The third kappa shape index (κ3) is 2.10. The van der Waals surface area contributed by atoms with Crippen LogP contribution in [0.25, 0.3) is 10.9 Å². The molecule has 0 spiro atoms. The lowest BCUT2D eigenvalue weighted by atomic mass is 10.00. The number of fused-ring (bicyclic) bond motifs is 1. The zero-order valence-electron chi connectivity index (χ0n) is 9.83. The Hall–Kier alpha value is -1.32. The molecule has 4 N–H and O–H groups in total. The maximum Gasteiger partial charge on any atom is 0.0457 e. The molecule has 2 unspecified atom stereocenters. The van der Waals surface area contributed by atoms with Gasteiger partial charge in [-0.25, -0.2) is 0 Å². The maximum atomic E-state index is 5.87. The first kappa shape index (κ1) is 11.2. The highest BCUT2D eigenvalue weighted by Crippen LogP contribution is 2.26. The summed E-state index contributed by atoms with van der Waals surface area (Å²) in [6.07, 6.45) is 3.02. The number of aromatic nitrogens is 1. The van der Waals surface area contributed by atoms with Crippen molar-refractivity contribution in [2.75, 3.05) is 7.05 Å². The zero-order chi connectivity index (χ0) is 11.5. The van der Waals surface area contributed by atoms with Crippen LogP contribution in [0.15, 0.2) is 30.5 Å². The molecule has 3 heteroatoms. The fourth-order valence-electron chi connectivity index (χ4n) is 2.15. The molecule has 2 aromatic rings. The smallest absolute Gasteiger partial charge is 0.0457 e. The summed E-state index contributed by atoms with van der Waals surface area (Å²) in [5.74, 6) is 0. The van der Waals surface area contributed by atoms with E-state index in [2.05, 4.69) is 34.7 Å². The van der Waals surface area contributed by atoms with Gasteiger partial charge >= 0.3 is 0 Å². The molecular formula is C13H19N3. The molecule has 1 aromatic carbocycles. The van der Waals surface area contributed by atoms with Crippen molar-refractivity contribution in [3.8, 4) is 0 Å². The number of hydrogen-bond acceptors (Lipinski definition) is 2. The minimum absolute atomic E-state index is 0.200. The van der Waals surface area contributed by atoms with Gasteiger partial charge in [0, 0.05) is 29.2 Å². The highest BCUT2D eigenvalue weighted by atomic mass is 14.9. The Bertz CT molecular complexity index is 459. The number of para-hydroxylation sites is 1. The van der Waals surface area contributed by atoms with Gasteiger partial charge in [-0.05, 0) is 32.0 Å². The summed E-state index contributed by atoms with van der Waals surface area (Å²) in [7, 11) is 1.98. The number of nitrogens with one attached hydrogen (secondary N) is 2. The maximum absolute atomic E-state index is 5.87. The van der Waals surface area contributed by atoms with Crippen LogP contribution in [-0.4, -0.2) is 18.1 Å². The molecule has 1 heterocycles. The molecule has 0 aliphatic carbocycles. The van der Waals surface area contributed by atoms with Crippen molar-refractivity contribution in [3.63, 3.8) is 0 Å². The molecular weight excluding hydrogens is 198 g/mol. The first-order chi connectivity index (χ1) is 7.72. The van der Waals surface area contributed by atoms with Gasteiger partial charge in [0.1, 0.15) is 0 Å². The Morgan fingerprint density at radius 3 is 2.81 bits per heavy atom. The van der Waals surface area contributed by atoms with E-state index in [9.17, 15) is 0 Å². The van der Waals surface area contributed by atoms with Gasteiger partial charge in [0.25, 0.3) is 0 Å². The van der Waals surface area contributed by atoms with Crippen LogP contribution in [0.3, 0.4) is 0 Å². The van der Waals surface area contributed by atoms with E-state index in [0.29, 0.717) is 6.04 Å². The van der Waals surface area contributed by atoms with Crippen molar-refractivity contribution in [2.45, 2.75) is 25.4 Å². The van der Waals surface area contributed by atoms with Crippen LogP contribution in [0, 0.1) is 0 Å². The average Bonchev–Trinajstić information content (AvgIpc) is 2.69. The number of benzene rings is 1. The molecule has 3 nitrogen and oxygen atoms in total.